The van der Waals surface area contributed by atoms with Crippen molar-refractivity contribution in [2.75, 3.05) is 17.2 Å². The number of nitrogens with one attached hydrogen (secondary N) is 3. The van der Waals surface area contributed by atoms with E-state index in [9.17, 15) is 17.9 Å². The fraction of sp³-hybridized carbons (Fsp3) is 0.238. The molecule has 0 fully saturated rings. The van der Waals surface area contributed by atoms with Crippen LogP contribution in [0.3, 0.4) is 0 Å². The minimum absolute atomic E-state index is 0.0145. The van der Waals surface area contributed by atoms with Crippen molar-refractivity contribution in [3.05, 3.63) is 70.6 Å². The standard InChI is InChI=1S/C21H23BrFN5O3S/c1-2-15(13-29)26-20-18(22)12-24-21(28-20)27-16-7-5-8-17(10-16)32(30,31)25-11-14-6-3-4-9-19(14)23/h3-10,12,15,25,29H,2,11,13H2,1H3,(H2,24,26,27,28)/t15-/m1/s1. The molecule has 0 bridgehead atoms. The lowest BCUT2D eigenvalue weighted by molar-refractivity contribution is 0.271. The highest BCUT2D eigenvalue weighted by molar-refractivity contribution is 9.10. The lowest BCUT2D eigenvalue weighted by Crippen LogP contribution is -2.24. The van der Waals surface area contributed by atoms with Gasteiger partial charge in [0, 0.05) is 24.0 Å². The zero-order valence-corrected chi connectivity index (χ0v) is 19.6. The normalized spacial score (nSPS) is 12.4. The molecule has 0 amide bonds. The van der Waals surface area contributed by atoms with Crippen molar-refractivity contribution in [3.8, 4) is 0 Å². The van der Waals surface area contributed by atoms with Gasteiger partial charge in [-0.15, -0.1) is 0 Å². The largest absolute Gasteiger partial charge is 0.394 e. The van der Waals surface area contributed by atoms with E-state index in [2.05, 4.69) is 41.3 Å². The summed E-state index contributed by atoms with van der Waals surface area (Å²) < 4.78 is 42.2. The van der Waals surface area contributed by atoms with E-state index in [1.807, 2.05) is 6.92 Å². The first-order valence-electron chi connectivity index (χ1n) is 9.82. The lowest BCUT2D eigenvalue weighted by atomic mass is 10.2. The average Bonchev–Trinajstić information content (AvgIpc) is 2.79. The molecule has 2 aromatic carbocycles. The van der Waals surface area contributed by atoms with Gasteiger partial charge in [0.25, 0.3) is 0 Å². The molecule has 0 aliphatic heterocycles. The quantitative estimate of drug-likeness (QED) is 0.319. The van der Waals surface area contributed by atoms with Crippen molar-refractivity contribution in [1.29, 1.82) is 0 Å². The van der Waals surface area contributed by atoms with Gasteiger partial charge in [0.2, 0.25) is 16.0 Å². The zero-order valence-electron chi connectivity index (χ0n) is 17.2. The summed E-state index contributed by atoms with van der Waals surface area (Å²) in [4.78, 5) is 8.59. The molecule has 3 rings (SSSR count). The van der Waals surface area contributed by atoms with Crippen LogP contribution in [0.4, 0.5) is 21.8 Å². The molecule has 1 heterocycles. The molecule has 0 aliphatic rings. The predicted molar refractivity (Wildman–Crippen MR) is 125 cm³/mol. The maximum absolute atomic E-state index is 13.8. The van der Waals surface area contributed by atoms with Crippen LogP contribution in [0.1, 0.15) is 18.9 Å². The Morgan fingerprint density at radius 1 is 1.19 bits per heavy atom. The Labute approximate surface area is 194 Å². The Bertz CT molecular complexity index is 1180. The molecule has 0 spiro atoms. The van der Waals surface area contributed by atoms with Crippen LogP contribution >= 0.6 is 15.9 Å². The smallest absolute Gasteiger partial charge is 0.240 e. The second-order valence-corrected chi connectivity index (χ2v) is 9.51. The Balaban J connectivity index is 1.75. The van der Waals surface area contributed by atoms with E-state index >= 15 is 0 Å². The molecule has 4 N–H and O–H groups in total. The Kier molecular flexibility index (Phi) is 8.13. The van der Waals surface area contributed by atoms with Crippen LogP contribution in [-0.4, -0.2) is 36.1 Å². The number of benzene rings is 2. The Morgan fingerprint density at radius 3 is 2.69 bits per heavy atom. The first-order chi connectivity index (χ1) is 15.3. The van der Waals surface area contributed by atoms with Crippen LogP contribution in [0.2, 0.25) is 0 Å². The van der Waals surface area contributed by atoms with Crippen molar-refractivity contribution in [3.63, 3.8) is 0 Å². The second-order valence-electron chi connectivity index (χ2n) is 6.89. The molecule has 11 heteroatoms. The summed E-state index contributed by atoms with van der Waals surface area (Å²) in [5.74, 6) is 0.269. The molecular weight excluding hydrogens is 501 g/mol. The fourth-order valence-corrected chi connectivity index (χ4v) is 4.12. The first kappa shape index (κ1) is 24.1. The van der Waals surface area contributed by atoms with Gasteiger partial charge in [-0.3, -0.25) is 0 Å². The Hall–Kier alpha value is -2.60. The van der Waals surface area contributed by atoms with Gasteiger partial charge >= 0.3 is 0 Å². The van der Waals surface area contributed by atoms with Crippen LogP contribution in [0.25, 0.3) is 0 Å². The van der Waals surface area contributed by atoms with Crippen molar-refractivity contribution in [2.24, 2.45) is 0 Å². The summed E-state index contributed by atoms with van der Waals surface area (Å²) in [5, 5.41) is 15.5. The van der Waals surface area contributed by atoms with E-state index in [4.69, 9.17) is 0 Å². The number of aliphatic hydroxyl groups is 1. The third-order valence-corrected chi connectivity index (χ3v) is 6.59. The number of aliphatic hydroxyl groups excluding tert-OH is 1. The number of halogens is 2. The highest BCUT2D eigenvalue weighted by Crippen LogP contribution is 2.24. The van der Waals surface area contributed by atoms with Crippen molar-refractivity contribution in [1.82, 2.24) is 14.7 Å². The minimum Gasteiger partial charge on any atom is -0.394 e. The molecule has 1 atom stereocenters. The predicted octanol–water partition coefficient (Wildman–Crippen LogP) is 3.78. The summed E-state index contributed by atoms with van der Waals surface area (Å²) >= 11 is 3.37. The van der Waals surface area contributed by atoms with Crippen LogP contribution in [0.5, 0.6) is 0 Å². The fourth-order valence-electron chi connectivity index (χ4n) is 2.77. The van der Waals surface area contributed by atoms with Crippen LogP contribution in [0.15, 0.2) is 64.1 Å². The molecule has 3 aromatic rings. The lowest BCUT2D eigenvalue weighted by Gasteiger charge is -2.16. The van der Waals surface area contributed by atoms with Gasteiger partial charge in [-0.1, -0.05) is 31.2 Å². The molecule has 32 heavy (non-hydrogen) atoms. The minimum atomic E-state index is -3.87. The monoisotopic (exact) mass is 523 g/mol. The number of sulfonamides is 1. The number of nitrogens with zero attached hydrogens (tertiary/aromatic N) is 2. The van der Waals surface area contributed by atoms with Crippen molar-refractivity contribution < 1.29 is 17.9 Å². The summed E-state index contributed by atoms with van der Waals surface area (Å²) in [6, 6.07) is 11.9. The summed E-state index contributed by atoms with van der Waals surface area (Å²) in [6.07, 6.45) is 2.26. The van der Waals surface area contributed by atoms with Crippen LogP contribution in [0, 0.1) is 5.82 Å². The second kappa shape index (κ2) is 10.8. The number of anilines is 3. The van der Waals surface area contributed by atoms with Crippen LogP contribution in [-0.2, 0) is 16.6 Å². The van der Waals surface area contributed by atoms with Gasteiger partial charge in [-0.2, -0.15) is 4.98 Å². The van der Waals surface area contributed by atoms with Crippen molar-refractivity contribution >= 4 is 43.4 Å². The highest BCUT2D eigenvalue weighted by Gasteiger charge is 2.16. The van der Waals surface area contributed by atoms with E-state index in [1.54, 1.807) is 30.5 Å². The summed E-state index contributed by atoms with van der Waals surface area (Å²) in [5.41, 5.74) is 0.711. The number of aromatic nitrogens is 2. The van der Waals surface area contributed by atoms with E-state index in [0.29, 0.717) is 22.4 Å². The van der Waals surface area contributed by atoms with Gasteiger partial charge in [0.1, 0.15) is 11.6 Å². The van der Waals surface area contributed by atoms with Crippen molar-refractivity contribution in [2.45, 2.75) is 30.8 Å². The molecule has 0 unspecified atom stereocenters. The van der Waals surface area contributed by atoms with E-state index in [0.717, 1.165) is 0 Å². The third-order valence-electron chi connectivity index (χ3n) is 4.61. The molecule has 0 saturated heterocycles. The third kappa shape index (κ3) is 6.22. The summed E-state index contributed by atoms with van der Waals surface area (Å²) in [6.45, 7) is 1.73. The van der Waals surface area contributed by atoms with E-state index in [-0.39, 0.29) is 35.6 Å². The maximum Gasteiger partial charge on any atom is 0.240 e. The Morgan fingerprint density at radius 2 is 1.97 bits per heavy atom. The van der Waals surface area contributed by atoms with Gasteiger partial charge in [0.05, 0.1) is 22.0 Å². The molecule has 0 radical (unpaired) electrons. The van der Waals surface area contributed by atoms with Gasteiger partial charge < -0.3 is 15.7 Å². The molecule has 170 valence electrons. The zero-order chi connectivity index (χ0) is 23.1. The number of hydrogen-bond donors (Lipinski definition) is 4. The van der Waals surface area contributed by atoms with E-state index < -0.39 is 15.8 Å². The SMILES string of the molecule is CC[C@H](CO)Nc1nc(Nc2cccc(S(=O)(=O)NCc3ccccc3F)c2)ncc1Br. The molecule has 0 aliphatic carbocycles. The average molecular weight is 524 g/mol. The molecule has 8 nitrogen and oxygen atoms in total. The van der Waals surface area contributed by atoms with Gasteiger partial charge in [0.15, 0.2) is 0 Å². The van der Waals surface area contributed by atoms with Gasteiger partial charge in [-0.25, -0.2) is 22.5 Å². The van der Waals surface area contributed by atoms with E-state index in [1.165, 1.54) is 24.3 Å². The van der Waals surface area contributed by atoms with Gasteiger partial charge in [-0.05, 0) is 46.6 Å². The first-order valence-corrected chi connectivity index (χ1v) is 12.1. The number of rotatable bonds is 10. The molecule has 1 aromatic heterocycles. The highest BCUT2D eigenvalue weighted by atomic mass is 79.9. The number of hydrogen-bond acceptors (Lipinski definition) is 7. The van der Waals surface area contributed by atoms with Crippen LogP contribution < -0.4 is 15.4 Å². The summed E-state index contributed by atoms with van der Waals surface area (Å²) in [7, 11) is -3.87. The maximum atomic E-state index is 13.8. The molecule has 0 saturated carbocycles. The topological polar surface area (TPSA) is 116 Å². The molecular formula is C21H23BrFN5O3S.